The highest BCUT2D eigenvalue weighted by atomic mass is 15.2. The van der Waals surface area contributed by atoms with Gasteiger partial charge in [-0.2, -0.15) is 0 Å². The monoisotopic (exact) mass is 249 g/mol. The molecule has 0 amide bonds. The van der Waals surface area contributed by atoms with Crippen LogP contribution in [0.5, 0.6) is 0 Å². The number of hydrazine groups is 1. The molecule has 1 heterocycles. The molecular weight excluding hydrogens is 234 g/mol. The van der Waals surface area contributed by atoms with Crippen LogP contribution in [0.15, 0.2) is 54.6 Å². The Hall–Kier alpha value is -2.39. The van der Waals surface area contributed by atoms with Crippen molar-refractivity contribution >= 4 is 16.6 Å². The van der Waals surface area contributed by atoms with Crippen LogP contribution in [-0.2, 0) is 0 Å². The molecule has 3 rings (SSSR count). The van der Waals surface area contributed by atoms with E-state index in [1.165, 1.54) is 0 Å². The third kappa shape index (κ3) is 2.04. The molecule has 0 fully saturated rings. The van der Waals surface area contributed by atoms with Gasteiger partial charge in [0, 0.05) is 10.9 Å². The summed E-state index contributed by atoms with van der Waals surface area (Å²) in [6.45, 7) is 2.06. The lowest BCUT2D eigenvalue weighted by atomic mass is 10.1. The number of nitrogens with one attached hydrogen (secondary N) is 1. The molecule has 19 heavy (non-hydrogen) atoms. The van der Waals surface area contributed by atoms with E-state index in [0.29, 0.717) is 0 Å². The fraction of sp³-hybridized carbons (Fsp3) is 0.0625. The summed E-state index contributed by atoms with van der Waals surface area (Å²) in [5, 5.41) is 1.04. The maximum Gasteiger partial charge on any atom is 0.0759 e. The third-order valence-electron chi connectivity index (χ3n) is 3.27. The van der Waals surface area contributed by atoms with Crippen LogP contribution in [0.4, 0.5) is 5.69 Å². The van der Waals surface area contributed by atoms with Crippen molar-refractivity contribution in [2.24, 2.45) is 5.84 Å². The van der Waals surface area contributed by atoms with Crippen LogP contribution in [0.3, 0.4) is 0 Å². The van der Waals surface area contributed by atoms with Gasteiger partial charge in [0.05, 0.1) is 16.9 Å². The molecule has 3 nitrogen and oxygen atoms in total. The van der Waals surface area contributed by atoms with E-state index in [1.807, 2.05) is 48.5 Å². The summed E-state index contributed by atoms with van der Waals surface area (Å²) >= 11 is 0. The fourth-order valence-corrected chi connectivity index (χ4v) is 2.27. The van der Waals surface area contributed by atoms with Crippen molar-refractivity contribution in [2.45, 2.75) is 6.92 Å². The number of nitrogen functional groups attached to an aromatic ring is 1. The molecule has 94 valence electrons. The molecule has 0 spiro atoms. The number of para-hydroxylation sites is 1. The SMILES string of the molecule is Cc1cccc2c(NN)cc(-c3ccccc3)nc12. The topological polar surface area (TPSA) is 50.9 Å². The summed E-state index contributed by atoms with van der Waals surface area (Å²) in [4.78, 5) is 4.76. The van der Waals surface area contributed by atoms with Crippen molar-refractivity contribution in [3.05, 3.63) is 60.2 Å². The minimum atomic E-state index is 0.896. The number of hydrogen-bond donors (Lipinski definition) is 2. The number of rotatable bonds is 2. The number of hydrogen-bond acceptors (Lipinski definition) is 3. The lowest BCUT2D eigenvalue weighted by Crippen LogP contribution is -2.08. The van der Waals surface area contributed by atoms with E-state index < -0.39 is 0 Å². The van der Waals surface area contributed by atoms with Gasteiger partial charge in [-0.05, 0) is 18.6 Å². The van der Waals surface area contributed by atoms with E-state index in [1.54, 1.807) is 0 Å². The lowest BCUT2D eigenvalue weighted by Gasteiger charge is -2.10. The average molecular weight is 249 g/mol. The number of aryl methyl sites for hydroxylation is 1. The number of aromatic nitrogens is 1. The molecule has 1 aromatic heterocycles. The molecule has 0 aliphatic heterocycles. The summed E-state index contributed by atoms with van der Waals surface area (Å²) in [6, 6.07) is 18.2. The van der Waals surface area contributed by atoms with Crippen LogP contribution >= 0.6 is 0 Å². The molecule has 0 aliphatic rings. The highest BCUT2D eigenvalue weighted by molar-refractivity contribution is 5.95. The van der Waals surface area contributed by atoms with Gasteiger partial charge >= 0.3 is 0 Å². The quantitative estimate of drug-likeness (QED) is 0.540. The molecule has 3 heteroatoms. The van der Waals surface area contributed by atoms with Gasteiger partial charge in [0.2, 0.25) is 0 Å². The molecule has 0 bridgehead atoms. The zero-order valence-electron chi connectivity index (χ0n) is 10.7. The zero-order valence-corrected chi connectivity index (χ0v) is 10.7. The Balaban J connectivity index is 2.31. The predicted octanol–water partition coefficient (Wildman–Crippen LogP) is 3.50. The van der Waals surface area contributed by atoms with Gasteiger partial charge in [0.15, 0.2) is 0 Å². The molecular formula is C16H15N3. The van der Waals surface area contributed by atoms with Gasteiger partial charge in [-0.25, -0.2) is 4.98 Å². The molecule has 3 N–H and O–H groups in total. The summed E-state index contributed by atoms with van der Waals surface area (Å²) < 4.78 is 0. The largest absolute Gasteiger partial charge is 0.323 e. The van der Waals surface area contributed by atoms with Crippen molar-refractivity contribution in [1.82, 2.24) is 4.98 Å². The maximum absolute atomic E-state index is 5.64. The first kappa shape index (κ1) is 11.7. The molecule has 0 radical (unpaired) electrons. The van der Waals surface area contributed by atoms with Crippen LogP contribution in [0.1, 0.15) is 5.56 Å². The Morgan fingerprint density at radius 1 is 1.00 bits per heavy atom. The predicted molar refractivity (Wildman–Crippen MR) is 79.7 cm³/mol. The van der Waals surface area contributed by atoms with Gasteiger partial charge in [-0.15, -0.1) is 0 Å². The van der Waals surface area contributed by atoms with Crippen molar-refractivity contribution in [3.8, 4) is 11.3 Å². The van der Waals surface area contributed by atoms with Gasteiger partial charge in [0.25, 0.3) is 0 Å². The molecule has 0 aliphatic carbocycles. The van der Waals surface area contributed by atoms with Crippen LogP contribution < -0.4 is 11.3 Å². The first-order valence-electron chi connectivity index (χ1n) is 6.22. The van der Waals surface area contributed by atoms with E-state index in [0.717, 1.165) is 33.4 Å². The molecule has 0 atom stereocenters. The normalized spacial score (nSPS) is 10.6. The smallest absolute Gasteiger partial charge is 0.0759 e. The Morgan fingerprint density at radius 2 is 1.79 bits per heavy atom. The number of benzene rings is 2. The second-order valence-corrected chi connectivity index (χ2v) is 4.54. The second kappa shape index (κ2) is 4.71. The van der Waals surface area contributed by atoms with Gasteiger partial charge < -0.3 is 5.43 Å². The average Bonchev–Trinajstić information content (AvgIpc) is 2.48. The Morgan fingerprint density at radius 3 is 2.53 bits per heavy atom. The second-order valence-electron chi connectivity index (χ2n) is 4.54. The van der Waals surface area contributed by atoms with E-state index in [-0.39, 0.29) is 0 Å². The van der Waals surface area contributed by atoms with Gasteiger partial charge in [-0.3, -0.25) is 5.84 Å². The van der Waals surface area contributed by atoms with Crippen LogP contribution in [0.2, 0.25) is 0 Å². The van der Waals surface area contributed by atoms with Gasteiger partial charge in [0.1, 0.15) is 0 Å². The zero-order chi connectivity index (χ0) is 13.2. The van der Waals surface area contributed by atoms with E-state index in [9.17, 15) is 0 Å². The van der Waals surface area contributed by atoms with Crippen molar-refractivity contribution in [3.63, 3.8) is 0 Å². The minimum absolute atomic E-state index is 0.896. The molecule has 2 aromatic carbocycles. The fourth-order valence-electron chi connectivity index (χ4n) is 2.27. The van der Waals surface area contributed by atoms with Crippen molar-refractivity contribution < 1.29 is 0 Å². The Bertz CT molecular complexity index is 721. The minimum Gasteiger partial charge on any atom is -0.323 e. The molecule has 0 saturated carbocycles. The molecule has 0 saturated heterocycles. The van der Waals surface area contributed by atoms with Crippen LogP contribution in [0, 0.1) is 6.92 Å². The number of fused-ring (bicyclic) bond motifs is 1. The van der Waals surface area contributed by atoms with Crippen LogP contribution in [0.25, 0.3) is 22.2 Å². The number of nitrogens with two attached hydrogens (primary N) is 1. The van der Waals surface area contributed by atoms with E-state index in [2.05, 4.69) is 18.4 Å². The Labute approximate surface area is 112 Å². The van der Waals surface area contributed by atoms with Crippen molar-refractivity contribution in [2.75, 3.05) is 5.43 Å². The standard InChI is InChI=1S/C16H15N3/c1-11-6-5-9-13-15(19-17)10-14(18-16(11)13)12-7-3-2-4-8-12/h2-10H,17H2,1H3,(H,18,19). The van der Waals surface area contributed by atoms with E-state index >= 15 is 0 Å². The number of nitrogens with zero attached hydrogens (tertiary/aromatic N) is 1. The third-order valence-corrected chi connectivity index (χ3v) is 3.27. The number of anilines is 1. The maximum atomic E-state index is 5.64. The first-order chi connectivity index (χ1) is 9.29. The Kier molecular flexibility index (Phi) is 2.89. The van der Waals surface area contributed by atoms with Gasteiger partial charge in [-0.1, -0.05) is 48.5 Å². The summed E-state index contributed by atoms with van der Waals surface area (Å²) in [5.41, 5.74) is 7.80. The van der Waals surface area contributed by atoms with Crippen LogP contribution in [-0.4, -0.2) is 4.98 Å². The van der Waals surface area contributed by atoms with E-state index in [4.69, 9.17) is 10.8 Å². The summed E-state index contributed by atoms with van der Waals surface area (Å²) in [7, 11) is 0. The highest BCUT2D eigenvalue weighted by Gasteiger charge is 2.08. The van der Waals surface area contributed by atoms with Crippen molar-refractivity contribution in [1.29, 1.82) is 0 Å². The first-order valence-corrected chi connectivity index (χ1v) is 6.22. The lowest BCUT2D eigenvalue weighted by molar-refractivity contribution is 1.32. The summed E-state index contributed by atoms with van der Waals surface area (Å²) in [6.07, 6.45) is 0. The molecule has 3 aromatic rings. The molecule has 0 unspecified atom stereocenters. The highest BCUT2D eigenvalue weighted by Crippen LogP contribution is 2.29. The summed E-state index contributed by atoms with van der Waals surface area (Å²) in [5.74, 6) is 5.64. The number of pyridine rings is 1.